The molecule has 7 heteroatoms. The number of anilines is 1. The van der Waals surface area contributed by atoms with E-state index in [-0.39, 0.29) is 5.91 Å². The molecule has 0 bridgehead atoms. The first-order valence-corrected chi connectivity index (χ1v) is 9.21. The topological polar surface area (TPSA) is 96.5 Å². The Hall–Kier alpha value is -3.35. The van der Waals surface area contributed by atoms with Crippen LogP contribution in [0.3, 0.4) is 0 Å². The molecule has 0 aromatic heterocycles. The number of rotatable bonds is 8. The van der Waals surface area contributed by atoms with Gasteiger partial charge in [0, 0.05) is 18.2 Å². The molecule has 2 rings (SSSR count). The number of hydrogen-bond donors (Lipinski definition) is 3. The van der Waals surface area contributed by atoms with E-state index in [1.54, 1.807) is 48.5 Å². The number of carbonyl (C=O) groups excluding carboxylic acids is 3. The Bertz CT molecular complexity index is 819. The highest BCUT2D eigenvalue weighted by Crippen LogP contribution is 2.18. The molecule has 0 radical (unpaired) electrons. The summed E-state index contributed by atoms with van der Waals surface area (Å²) in [5.74, 6) is -0.650. The van der Waals surface area contributed by atoms with Crippen LogP contribution in [0.15, 0.2) is 48.5 Å². The number of hydrazine groups is 1. The lowest BCUT2D eigenvalue weighted by atomic mass is 10.2. The predicted molar refractivity (Wildman–Crippen MR) is 107 cm³/mol. The molecule has 0 aliphatic carbocycles. The second-order valence-electron chi connectivity index (χ2n) is 6.22. The van der Waals surface area contributed by atoms with Gasteiger partial charge in [-0.05, 0) is 42.8 Å². The first-order valence-electron chi connectivity index (χ1n) is 9.21. The van der Waals surface area contributed by atoms with E-state index in [0.29, 0.717) is 29.2 Å². The molecule has 0 aliphatic heterocycles. The molecule has 28 heavy (non-hydrogen) atoms. The third kappa shape index (κ3) is 6.42. The average Bonchev–Trinajstić information content (AvgIpc) is 2.69. The zero-order valence-corrected chi connectivity index (χ0v) is 16.1. The van der Waals surface area contributed by atoms with Gasteiger partial charge >= 0.3 is 0 Å². The Balaban J connectivity index is 1.92. The van der Waals surface area contributed by atoms with E-state index >= 15 is 0 Å². The first-order chi connectivity index (χ1) is 13.5. The van der Waals surface area contributed by atoms with Crippen molar-refractivity contribution in [1.82, 2.24) is 10.9 Å². The van der Waals surface area contributed by atoms with Crippen LogP contribution >= 0.6 is 0 Å². The molecule has 0 saturated carbocycles. The van der Waals surface area contributed by atoms with E-state index in [0.717, 1.165) is 19.3 Å². The third-order valence-electron chi connectivity index (χ3n) is 3.89. The summed E-state index contributed by atoms with van der Waals surface area (Å²) in [4.78, 5) is 35.6. The molecule has 0 atom stereocenters. The van der Waals surface area contributed by atoms with Gasteiger partial charge in [-0.15, -0.1) is 0 Å². The fourth-order valence-corrected chi connectivity index (χ4v) is 2.48. The molecule has 148 valence electrons. The lowest BCUT2D eigenvalue weighted by Crippen LogP contribution is -2.41. The van der Waals surface area contributed by atoms with E-state index in [1.165, 1.54) is 6.92 Å². The third-order valence-corrected chi connectivity index (χ3v) is 3.89. The maximum Gasteiger partial charge on any atom is 0.273 e. The molecule has 3 N–H and O–H groups in total. The van der Waals surface area contributed by atoms with E-state index in [9.17, 15) is 14.4 Å². The fourth-order valence-electron chi connectivity index (χ4n) is 2.48. The maximum atomic E-state index is 12.4. The quantitative estimate of drug-likeness (QED) is 0.481. The summed E-state index contributed by atoms with van der Waals surface area (Å²) in [7, 11) is 0. The van der Waals surface area contributed by atoms with Crippen molar-refractivity contribution in [2.45, 2.75) is 33.1 Å². The number of hydrogen-bond acceptors (Lipinski definition) is 4. The van der Waals surface area contributed by atoms with Crippen molar-refractivity contribution in [1.29, 1.82) is 0 Å². The van der Waals surface area contributed by atoms with Gasteiger partial charge in [0.15, 0.2) is 0 Å². The molecular formula is C21H25N3O4. The molecule has 2 aromatic rings. The zero-order valence-electron chi connectivity index (χ0n) is 16.1. The lowest BCUT2D eigenvalue weighted by Gasteiger charge is -2.12. The molecule has 3 amide bonds. The Morgan fingerprint density at radius 2 is 1.57 bits per heavy atom. The van der Waals surface area contributed by atoms with Crippen LogP contribution in [0.4, 0.5) is 5.69 Å². The van der Waals surface area contributed by atoms with Gasteiger partial charge in [-0.25, -0.2) is 0 Å². The van der Waals surface area contributed by atoms with Crippen LogP contribution in [0.1, 0.15) is 53.8 Å². The van der Waals surface area contributed by atoms with Crippen molar-refractivity contribution in [3.63, 3.8) is 0 Å². The summed E-state index contributed by atoms with van der Waals surface area (Å²) in [5, 5.41) is 2.62. The summed E-state index contributed by atoms with van der Waals surface area (Å²) in [5.41, 5.74) is 6.06. The Labute approximate surface area is 164 Å². The molecule has 0 heterocycles. The van der Waals surface area contributed by atoms with Gasteiger partial charge in [0.05, 0.1) is 12.2 Å². The highest BCUT2D eigenvalue weighted by Gasteiger charge is 2.13. The number of amides is 3. The summed E-state index contributed by atoms with van der Waals surface area (Å²) >= 11 is 0. The van der Waals surface area contributed by atoms with Crippen molar-refractivity contribution in [2.24, 2.45) is 0 Å². The summed E-state index contributed by atoms with van der Waals surface area (Å²) in [6.45, 7) is 4.05. The van der Waals surface area contributed by atoms with Crippen molar-refractivity contribution in [3.8, 4) is 5.75 Å². The molecule has 0 unspecified atom stereocenters. The largest absolute Gasteiger partial charge is 0.493 e. The summed E-state index contributed by atoms with van der Waals surface area (Å²) in [6.07, 6.45) is 3.06. The smallest absolute Gasteiger partial charge is 0.273 e. The van der Waals surface area contributed by atoms with Crippen LogP contribution in [-0.4, -0.2) is 24.3 Å². The fraction of sp³-hybridized carbons (Fsp3) is 0.286. The van der Waals surface area contributed by atoms with Crippen molar-refractivity contribution >= 4 is 23.4 Å². The van der Waals surface area contributed by atoms with E-state index < -0.39 is 11.8 Å². The minimum absolute atomic E-state index is 0.194. The number of unbranched alkanes of at least 4 members (excludes halogenated alkanes) is 2. The van der Waals surface area contributed by atoms with Gasteiger partial charge in [0.1, 0.15) is 5.75 Å². The van der Waals surface area contributed by atoms with Crippen molar-refractivity contribution in [2.75, 3.05) is 11.9 Å². The number of benzene rings is 2. The van der Waals surface area contributed by atoms with Gasteiger partial charge in [-0.2, -0.15) is 0 Å². The normalized spacial score (nSPS) is 10.1. The minimum Gasteiger partial charge on any atom is -0.493 e. The van der Waals surface area contributed by atoms with Crippen molar-refractivity contribution in [3.05, 3.63) is 59.7 Å². The molecule has 7 nitrogen and oxygen atoms in total. The Kier molecular flexibility index (Phi) is 8.02. The van der Waals surface area contributed by atoms with Gasteiger partial charge in [-0.1, -0.05) is 31.9 Å². The minimum atomic E-state index is -0.468. The Morgan fingerprint density at radius 3 is 2.25 bits per heavy atom. The first kappa shape index (κ1) is 21.0. The van der Waals surface area contributed by atoms with Crippen LogP contribution in [0.25, 0.3) is 0 Å². The predicted octanol–water partition coefficient (Wildman–Crippen LogP) is 3.29. The van der Waals surface area contributed by atoms with Gasteiger partial charge in [-0.3, -0.25) is 25.2 Å². The highest BCUT2D eigenvalue weighted by molar-refractivity contribution is 6.00. The van der Waals surface area contributed by atoms with Gasteiger partial charge in [0.25, 0.3) is 11.8 Å². The monoisotopic (exact) mass is 383 g/mol. The van der Waals surface area contributed by atoms with Crippen LogP contribution < -0.4 is 20.9 Å². The standard InChI is InChI=1S/C21H25N3O4/c1-3-4-7-14-28-19-9-6-5-8-18(19)21(27)24-23-20(26)16-10-12-17(13-11-16)22-15(2)25/h5-6,8-13H,3-4,7,14H2,1-2H3,(H,22,25)(H,23,26)(H,24,27). The molecule has 0 aliphatic rings. The van der Waals surface area contributed by atoms with Gasteiger partial charge < -0.3 is 10.1 Å². The summed E-state index contributed by atoms with van der Waals surface area (Å²) in [6, 6.07) is 13.2. The van der Waals surface area contributed by atoms with Crippen molar-refractivity contribution < 1.29 is 19.1 Å². The maximum absolute atomic E-state index is 12.4. The second-order valence-corrected chi connectivity index (χ2v) is 6.22. The average molecular weight is 383 g/mol. The van der Waals surface area contributed by atoms with E-state index in [1.807, 2.05) is 0 Å². The van der Waals surface area contributed by atoms with Gasteiger partial charge in [0.2, 0.25) is 5.91 Å². The molecular weight excluding hydrogens is 358 g/mol. The Morgan fingerprint density at radius 1 is 0.893 bits per heavy atom. The second kappa shape index (κ2) is 10.7. The number of carbonyl (C=O) groups is 3. The van der Waals surface area contributed by atoms with Crippen LogP contribution in [-0.2, 0) is 4.79 Å². The van der Waals surface area contributed by atoms with Crippen LogP contribution in [0, 0.1) is 0 Å². The molecule has 2 aromatic carbocycles. The lowest BCUT2D eigenvalue weighted by molar-refractivity contribution is -0.114. The van der Waals surface area contributed by atoms with Crippen LogP contribution in [0.2, 0.25) is 0 Å². The van der Waals surface area contributed by atoms with E-state index in [4.69, 9.17) is 4.74 Å². The number of nitrogens with one attached hydrogen (secondary N) is 3. The SMILES string of the molecule is CCCCCOc1ccccc1C(=O)NNC(=O)c1ccc(NC(C)=O)cc1. The molecule has 0 spiro atoms. The number of ether oxygens (including phenoxy) is 1. The van der Waals surface area contributed by atoms with Crippen LogP contribution in [0.5, 0.6) is 5.75 Å². The van der Waals surface area contributed by atoms with E-state index in [2.05, 4.69) is 23.1 Å². The molecule has 0 saturated heterocycles. The zero-order chi connectivity index (χ0) is 20.4. The number of para-hydroxylation sites is 1. The molecule has 0 fully saturated rings. The summed E-state index contributed by atoms with van der Waals surface area (Å²) < 4.78 is 5.69. The highest BCUT2D eigenvalue weighted by atomic mass is 16.5.